The number of rotatable bonds is 7. The van der Waals surface area contributed by atoms with E-state index in [-0.39, 0.29) is 5.09 Å². The Labute approximate surface area is 120 Å². The van der Waals surface area contributed by atoms with E-state index in [1.165, 1.54) is 20.2 Å². The van der Waals surface area contributed by atoms with Crippen molar-refractivity contribution in [1.29, 1.82) is 0 Å². The van der Waals surface area contributed by atoms with Crippen LogP contribution in [0.1, 0.15) is 18.6 Å². The van der Waals surface area contributed by atoms with Crippen LogP contribution in [-0.2, 0) is 21.3 Å². The SMILES string of the molecule is CN(C)S(=O)(=O)c1ccc(CNCCC2CCOC2)o1. The zero-order valence-electron chi connectivity index (χ0n) is 12.0. The number of hydrogen-bond donors (Lipinski definition) is 1. The van der Waals surface area contributed by atoms with Crippen LogP contribution in [0.4, 0.5) is 0 Å². The molecule has 0 saturated carbocycles. The highest BCUT2D eigenvalue weighted by Gasteiger charge is 2.21. The lowest BCUT2D eigenvalue weighted by molar-refractivity contribution is 0.184. The van der Waals surface area contributed by atoms with Crippen LogP contribution >= 0.6 is 0 Å². The van der Waals surface area contributed by atoms with Crippen molar-refractivity contribution in [2.75, 3.05) is 33.9 Å². The molecule has 0 amide bonds. The topological polar surface area (TPSA) is 71.8 Å². The molecule has 114 valence electrons. The molecule has 6 nitrogen and oxygen atoms in total. The van der Waals surface area contributed by atoms with E-state index in [4.69, 9.17) is 9.15 Å². The summed E-state index contributed by atoms with van der Waals surface area (Å²) in [6, 6.07) is 3.19. The van der Waals surface area contributed by atoms with E-state index in [2.05, 4.69) is 5.32 Å². The van der Waals surface area contributed by atoms with Crippen molar-refractivity contribution < 1.29 is 17.6 Å². The number of nitrogens with zero attached hydrogens (tertiary/aromatic N) is 1. The molecule has 1 aromatic heterocycles. The van der Waals surface area contributed by atoms with Gasteiger partial charge >= 0.3 is 0 Å². The lowest BCUT2D eigenvalue weighted by Gasteiger charge is -2.08. The number of hydrogen-bond acceptors (Lipinski definition) is 5. The largest absolute Gasteiger partial charge is 0.447 e. The summed E-state index contributed by atoms with van der Waals surface area (Å²) in [6.07, 6.45) is 2.21. The second kappa shape index (κ2) is 6.71. The van der Waals surface area contributed by atoms with Crippen molar-refractivity contribution in [3.63, 3.8) is 0 Å². The summed E-state index contributed by atoms with van der Waals surface area (Å²) in [4.78, 5) is 0. The third-order valence-corrected chi connectivity index (χ3v) is 5.11. The summed E-state index contributed by atoms with van der Waals surface area (Å²) in [6.45, 7) is 3.14. The molecule has 0 aliphatic carbocycles. The second-order valence-corrected chi connectivity index (χ2v) is 7.29. The molecule has 1 atom stereocenters. The highest BCUT2D eigenvalue weighted by Crippen LogP contribution is 2.17. The van der Waals surface area contributed by atoms with Crippen molar-refractivity contribution in [3.8, 4) is 0 Å². The molecule has 0 bridgehead atoms. The van der Waals surface area contributed by atoms with E-state index in [1.807, 2.05) is 0 Å². The monoisotopic (exact) mass is 302 g/mol. The summed E-state index contributed by atoms with van der Waals surface area (Å²) >= 11 is 0. The van der Waals surface area contributed by atoms with Gasteiger partial charge in [0.1, 0.15) is 5.76 Å². The highest BCUT2D eigenvalue weighted by molar-refractivity contribution is 7.88. The van der Waals surface area contributed by atoms with Gasteiger partial charge in [-0.15, -0.1) is 0 Å². The minimum absolute atomic E-state index is 0.0107. The molecule has 7 heteroatoms. The lowest BCUT2D eigenvalue weighted by Crippen LogP contribution is -2.21. The Hall–Kier alpha value is -0.890. The first-order valence-electron chi connectivity index (χ1n) is 6.80. The standard InChI is InChI=1S/C13H22N2O4S/c1-15(2)20(16,17)13-4-3-12(19-13)9-14-7-5-11-6-8-18-10-11/h3-4,11,14H,5-10H2,1-2H3. The normalized spacial score (nSPS) is 19.9. The predicted octanol–water partition coefficient (Wildman–Crippen LogP) is 1.05. The number of furan rings is 1. The molecular formula is C13H22N2O4S. The Morgan fingerprint density at radius 2 is 2.20 bits per heavy atom. The molecule has 0 radical (unpaired) electrons. The maximum atomic E-state index is 11.8. The first kappa shape index (κ1) is 15.5. The zero-order valence-corrected chi connectivity index (χ0v) is 12.8. The Morgan fingerprint density at radius 3 is 2.85 bits per heavy atom. The number of ether oxygens (including phenoxy) is 1. The molecule has 1 aliphatic heterocycles. The molecule has 1 aliphatic rings. The smallest absolute Gasteiger partial charge is 0.275 e. The van der Waals surface area contributed by atoms with Gasteiger partial charge in [-0.2, -0.15) is 0 Å². The quantitative estimate of drug-likeness (QED) is 0.762. The third-order valence-electron chi connectivity index (χ3n) is 3.42. The minimum atomic E-state index is -3.48. The van der Waals surface area contributed by atoms with Gasteiger partial charge in [-0.1, -0.05) is 0 Å². The number of sulfonamides is 1. The third kappa shape index (κ3) is 3.82. The molecule has 1 saturated heterocycles. The summed E-state index contributed by atoms with van der Waals surface area (Å²) in [5, 5.41) is 3.25. The van der Waals surface area contributed by atoms with Crippen LogP contribution < -0.4 is 5.32 Å². The molecule has 20 heavy (non-hydrogen) atoms. The van der Waals surface area contributed by atoms with Crippen LogP contribution in [-0.4, -0.2) is 46.6 Å². The van der Waals surface area contributed by atoms with Crippen LogP contribution in [0.15, 0.2) is 21.6 Å². The van der Waals surface area contributed by atoms with E-state index < -0.39 is 10.0 Å². The summed E-state index contributed by atoms with van der Waals surface area (Å²) in [5.74, 6) is 1.27. The highest BCUT2D eigenvalue weighted by atomic mass is 32.2. The van der Waals surface area contributed by atoms with Gasteiger partial charge in [0.25, 0.3) is 10.0 Å². The Balaban J connectivity index is 1.78. The van der Waals surface area contributed by atoms with E-state index in [0.29, 0.717) is 18.2 Å². The average Bonchev–Trinajstić information content (AvgIpc) is 3.06. The van der Waals surface area contributed by atoms with Crippen molar-refractivity contribution >= 4 is 10.0 Å². The van der Waals surface area contributed by atoms with Gasteiger partial charge in [0, 0.05) is 27.3 Å². The van der Waals surface area contributed by atoms with Gasteiger partial charge in [0.05, 0.1) is 6.54 Å². The van der Waals surface area contributed by atoms with E-state index in [9.17, 15) is 8.42 Å². The van der Waals surface area contributed by atoms with Crippen LogP contribution in [0.2, 0.25) is 0 Å². The minimum Gasteiger partial charge on any atom is -0.447 e. The van der Waals surface area contributed by atoms with Crippen LogP contribution in [0.25, 0.3) is 0 Å². The molecular weight excluding hydrogens is 280 g/mol. The maximum absolute atomic E-state index is 11.8. The van der Waals surface area contributed by atoms with E-state index in [0.717, 1.165) is 36.9 Å². The summed E-state index contributed by atoms with van der Waals surface area (Å²) in [7, 11) is -0.506. The fourth-order valence-corrected chi connectivity index (χ4v) is 2.91. The second-order valence-electron chi connectivity index (χ2n) is 5.20. The molecule has 1 aromatic rings. The predicted molar refractivity (Wildman–Crippen MR) is 74.8 cm³/mol. The van der Waals surface area contributed by atoms with Crippen molar-refractivity contribution in [2.45, 2.75) is 24.5 Å². The molecule has 0 aromatic carbocycles. The summed E-state index contributed by atoms with van der Waals surface area (Å²) < 4.78 is 35.5. The van der Waals surface area contributed by atoms with Gasteiger partial charge in [-0.05, 0) is 37.4 Å². The first-order valence-corrected chi connectivity index (χ1v) is 8.24. The van der Waals surface area contributed by atoms with Gasteiger partial charge in [-0.25, -0.2) is 12.7 Å². The Kier molecular flexibility index (Phi) is 5.20. The molecule has 0 spiro atoms. The van der Waals surface area contributed by atoms with Crippen LogP contribution in [0.5, 0.6) is 0 Å². The van der Waals surface area contributed by atoms with Gasteiger partial charge in [-0.3, -0.25) is 0 Å². The van der Waals surface area contributed by atoms with Crippen molar-refractivity contribution in [3.05, 3.63) is 17.9 Å². The fourth-order valence-electron chi connectivity index (χ4n) is 2.10. The molecule has 2 rings (SSSR count). The van der Waals surface area contributed by atoms with Gasteiger partial charge in [0.2, 0.25) is 5.09 Å². The van der Waals surface area contributed by atoms with Crippen LogP contribution in [0.3, 0.4) is 0 Å². The molecule has 2 heterocycles. The van der Waals surface area contributed by atoms with Crippen LogP contribution in [0, 0.1) is 5.92 Å². The first-order chi connectivity index (χ1) is 9.50. The van der Waals surface area contributed by atoms with Crippen molar-refractivity contribution in [2.24, 2.45) is 5.92 Å². The molecule has 1 fully saturated rings. The van der Waals surface area contributed by atoms with E-state index in [1.54, 1.807) is 6.07 Å². The zero-order chi connectivity index (χ0) is 14.6. The van der Waals surface area contributed by atoms with Crippen molar-refractivity contribution in [1.82, 2.24) is 9.62 Å². The fraction of sp³-hybridized carbons (Fsp3) is 0.692. The summed E-state index contributed by atoms with van der Waals surface area (Å²) in [5.41, 5.74) is 0. The molecule has 1 unspecified atom stereocenters. The molecule has 1 N–H and O–H groups in total. The van der Waals surface area contributed by atoms with Gasteiger partial charge in [0.15, 0.2) is 0 Å². The van der Waals surface area contributed by atoms with E-state index >= 15 is 0 Å². The number of nitrogens with one attached hydrogen (secondary N) is 1. The lowest BCUT2D eigenvalue weighted by atomic mass is 10.1. The Morgan fingerprint density at radius 1 is 1.40 bits per heavy atom. The average molecular weight is 302 g/mol. The van der Waals surface area contributed by atoms with Gasteiger partial charge < -0.3 is 14.5 Å². The Bertz CT molecular complexity index is 518. The maximum Gasteiger partial charge on any atom is 0.275 e.